The lowest BCUT2D eigenvalue weighted by molar-refractivity contribution is -0.149. The lowest BCUT2D eigenvalue weighted by atomic mass is 9.82. The van der Waals surface area contributed by atoms with E-state index in [0.717, 1.165) is 6.42 Å². The molecule has 0 aromatic heterocycles. The van der Waals surface area contributed by atoms with Gasteiger partial charge < -0.3 is 15.2 Å². The molecule has 0 aromatic rings. The smallest absolute Gasteiger partial charge is 0.311 e. The van der Waals surface area contributed by atoms with Gasteiger partial charge in [-0.1, -0.05) is 13.8 Å². The maximum atomic E-state index is 11.9. The predicted octanol–water partition coefficient (Wildman–Crippen LogP) is 1.56. The number of ether oxygens (including phenoxy) is 1. The van der Waals surface area contributed by atoms with Crippen molar-refractivity contribution in [2.45, 2.75) is 58.7 Å². The number of hydrogen-bond acceptors (Lipinski definition) is 3. The molecule has 1 saturated heterocycles. The lowest BCUT2D eigenvalue weighted by Crippen LogP contribution is -2.45. The van der Waals surface area contributed by atoms with Crippen molar-refractivity contribution in [3.05, 3.63) is 0 Å². The second-order valence-electron chi connectivity index (χ2n) is 5.02. The molecule has 2 N–H and O–H groups in total. The van der Waals surface area contributed by atoms with Crippen molar-refractivity contribution in [3.63, 3.8) is 0 Å². The van der Waals surface area contributed by atoms with Crippen molar-refractivity contribution in [1.29, 1.82) is 0 Å². The highest BCUT2D eigenvalue weighted by atomic mass is 16.5. The first-order valence-corrected chi connectivity index (χ1v) is 6.61. The Balaban J connectivity index is 2.52. The maximum Gasteiger partial charge on any atom is 0.311 e. The minimum Gasteiger partial charge on any atom is -0.481 e. The van der Waals surface area contributed by atoms with E-state index in [0.29, 0.717) is 19.3 Å². The molecule has 1 amide bonds. The molecule has 0 aromatic carbocycles. The van der Waals surface area contributed by atoms with E-state index in [1.54, 1.807) is 0 Å². The Bertz CT molecular complexity index is 312. The molecule has 104 valence electrons. The van der Waals surface area contributed by atoms with Gasteiger partial charge in [0.05, 0.1) is 11.5 Å². The van der Waals surface area contributed by atoms with Gasteiger partial charge in [0, 0.05) is 6.54 Å². The summed E-state index contributed by atoms with van der Waals surface area (Å²) in [4.78, 5) is 23.1. The molecule has 0 saturated carbocycles. The number of amides is 1. The Morgan fingerprint density at radius 1 is 1.33 bits per heavy atom. The summed E-state index contributed by atoms with van der Waals surface area (Å²) in [5.41, 5.74) is -0.861. The van der Waals surface area contributed by atoms with Gasteiger partial charge in [-0.2, -0.15) is 0 Å². The van der Waals surface area contributed by atoms with Crippen LogP contribution in [0.25, 0.3) is 0 Å². The van der Waals surface area contributed by atoms with Crippen molar-refractivity contribution < 1.29 is 19.4 Å². The van der Waals surface area contributed by atoms with Crippen molar-refractivity contribution >= 4 is 11.9 Å². The van der Waals surface area contributed by atoms with Crippen LogP contribution in [0.5, 0.6) is 0 Å². The van der Waals surface area contributed by atoms with Gasteiger partial charge in [0.2, 0.25) is 5.91 Å². The lowest BCUT2D eigenvalue weighted by Gasteiger charge is -2.27. The van der Waals surface area contributed by atoms with Crippen LogP contribution in [0.4, 0.5) is 0 Å². The molecule has 1 fully saturated rings. The average Bonchev–Trinajstić information content (AvgIpc) is 2.77. The molecule has 1 heterocycles. The average molecular weight is 257 g/mol. The van der Waals surface area contributed by atoms with Crippen LogP contribution < -0.4 is 5.32 Å². The fraction of sp³-hybridized carbons (Fsp3) is 0.846. The quantitative estimate of drug-likeness (QED) is 0.757. The van der Waals surface area contributed by atoms with Crippen LogP contribution in [-0.2, 0) is 14.3 Å². The highest BCUT2D eigenvalue weighted by Gasteiger charge is 2.36. The van der Waals surface area contributed by atoms with Gasteiger partial charge >= 0.3 is 5.97 Å². The minimum absolute atomic E-state index is 0.113. The Hall–Kier alpha value is -1.10. The molecule has 0 aliphatic carbocycles. The van der Waals surface area contributed by atoms with E-state index in [4.69, 9.17) is 4.74 Å². The van der Waals surface area contributed by atoms with E-state index >= 15 is 0 Å². The van der Waals surface area contributed by atoms with Crippen LogP contribution >= 0.6 is 0 Å². The van der Waals surface area contributed by atoms with Crippen molar-refractivity contribution in [3.8, 4) is 0 Å². The predicted molar refractivity (Wildman–Crippen MR) is 67.2 cm³/mol. The molecule has 0 radical (unpaired) electrons. The van der Waals surface area contributed by atoms with Crippen LogP contribution in [0.2, 0.25) is 0 Å². The molecule has 1 aliphatic rings. The number of nitrogens with one attached hydrogen (secondary N) is 1. The van der Waals surface area contributed by atoms with E-state index < -0.39 is 17.5 Å². The third-order valence-corrected chi connectivity index (χ3v) is 3.93. The molecule has 5 nitrogen and oxygen atoms in total. The standard InChI is InChI=1S/C13H23NO4/c1-4-13(5-2,12(16)17)8-14-11(15)10-7-6-9(3)18-10/h9-10H,4-8H2,1-3H3,(H,14,15)(H,16,17). The first kappa shape index (κ1) is 15.0. The third kappa shape index (κ3) is 3.22. The van der Waals surface area contributed by atoms with Gasteiger partial charge in [-0.25, -0.2) is 0 Å². The van der Waals surface area contributed by atoms with Crippen LogP contribution in [0, 0.1) is 5.41 Å². The zero-order valence-electron chi connectivity index (χ0n) is 11.4. The van der Waals surface area contributed by atoms with E-state index in [2.05, 4.69) is 5.32 Å². The second kappa shape index (κ2) is 6.18. The topological polar surface area (TPSA) is 75.6 Å². The SMILES string of the molecule is CCC(CC)(CNC(=O)C1CCC(C)O1)C(=O)O. The summed E-state index contributed by atoms with van der Waals surface area (Å²) in [5.74, 6) is -1.04. The molecule has 2 unspecified atom stereocenters. The molecule has 2 atom stereocenters. The summed E-state index contributed by atoms with van der Waals surface area (Å²) in [5, 5.41) is 12.0. The number of hydrogen-bond donors (Lipinski definition) is 2. The summed E-state index contributed by atoms with van der Waals surface area (Å²) >= 11 is 0. The number of carboxylic acids is 1. The summed E-state index contributed by atoms with van der Waals surface area (Å²) < 4.78 is 5.46. The van der Waals surface area contributed by atoms with E-state index in [9.17, 15) is 14.7 Å². The first-order valence-electron chi connectivity index (χ1n) is 6.61. The Labute approximate surface area is 108 Å². The van der Waals surface area contributed by atoms with Gasteiger partial charge in [-0.3, -0.25) is 9.59 Å². The van der Waals surface area contributed by atoms with E-state index in [-0.39, 0.29) is 18.6 Å². The number of rotatable bonds is 6. The van der Waals surface area contributed by atoms with Crippen LogP contribution in [0.15, 0.2) is 0 Å². The number of carbonyl (C=O) groups excluding carboxylic acids is 1. The molecular formula is C13H23NO4. The normalized spacial score (nSPS) is 23.9. The van der Waals surface area contributed by atoms with Gasteiger partial charge in [0.1, 0.15) is 6.10 Å². The fourth-order valence-electron chi connectivity index (χ4n) is 2.24. The van der Waals surface area contributed by atoms with Gasteiger partial charge in [0.15, 0.2) is 0 Å². The van der Waals surface area contributed by atoms with Gasteiger partial charge in [-0.15, -0.1) is 0 Å². The first-order chi connectivity index (χ1) is 8.45. The highest BCUT2D eigenvalue weighted by molar-refractivity contribution is 5.82. The molecule has 0 bridgehead atoms. The summed E-state index contributed by atoms with van der Waals surface area (Å²) in [6.07, 6.45) is 2.29. The van der Waals surface area contributed by atoms with E-state index in [1.165, 1.54) is 0 Å². The summed E-state index contributed by atoms with van der Waals surface area (Å²) in [7, 11) is 0. The van der Waals surface area contributed by atoms with Crippen molar-refractivity contribution in [1.82, 2.24) is 5.32 Å². The summed E-state index contributed by atoms with van der Waals surface area (Å²) in [6, 6.07) is 0. The highest BCUT2D eigenvalue weighted by Crippen LogP contribution is 2.26. The maximum absolute atomic E-state index is 11.9. The Morgan fingerprint density at radius 2 is 1.94 bits per heavy atom. The van der Waals surface area contributed by atoms with Crippen molar-refractivity contribution in [2.75, 3.05) is 6.54 Å². The third-order valence-electron chi connectivity index (χ3n) is 3.93. The molecule has 1 rings (SSSR count). The van der Waals surface area contributed by atoms with Crippen molar-refractivity contribution in [2.24, 2.45) is 5.41 Å². The number of carboxylic acid groups (broad SMARTS) is 1. The number of aliphatic carboxylic acids is 1. The van der Waals surface area contributed by atoms with Crippen LogP contribution in [0.1, 0.15) is 46.5 Å². The molecule has 0 spiro atoms. The zero-order valence-corrected chi connectivity index (χ0v) is 11.4. The summed E-state index contributed by atoms with van der Waals surface area (Å²) in [6.45, 7) is 5.77. The molecule has 18 heavy (non-hydrogen) atoms. The minimum atomic E-state index is -0.861. The molecule has 5 heteroatoms. The monoisotopic (exact) mass is 257 g/mol. The van der Waals surface area contributed by atoms with Crippen LogP contribution in [0.3, 0.4) is 0 Å². The number of carbonyl (C=O) groups is 2. The fourth-order valence-corrected chi connectivity index (χ4v) is 2.24. The van der Waals surface area contributed by atoms with Gasteiger partial charge in [0.25, 0.3) is 0 Å². The van der Waals surface area contributed by atoms with E-state index in [1.807, 2.05) is 20.8 Å². The molecule has 1 aliphatic heterocycles. The Morgan fingerprint density at radius 3 is 2.33 bits per heavy atom. The largest absolute Gasteiger partial charge is 0.481 e. The Kier molecular flexibility index (Phi) is 5.14. The second-order valence-corrected chi connectivity index (χ2v) is 5.02. The van der Waals surface area contributed by atoms with Gasteiger partial charge in [-0.05, 0) is 32.6 Å². The molecular weight excluding hydrogens is 234 g/mol. The van der Waals surface area contributed by atoms with Crippen LogP contribution in [-0.4, -0.2) is 35.7 Å². The zero-order chi connectivity index (χ0) is 13.8.